The van der Waals surface area contributed by atoms with E-state index in [4.69, 9.17) is 9.47 Å². The van der Waals surface area contributed by atoms with Crippen LogP contribution in [0.4, 0.5) is 0 Å². The van der Waals surface area contributed by atoms with Gasteiger partial charge in [0.15, 0.2) is 0 Å². The van der Waals surface area contributed by atoms with E-state index in [1.807, 2.05) is 56.1 Å². The number of carbonyl (C=O) groups excluding carboxylic acids is 8. The second-order valence-electron chi connectivity index (χ2n) is 24.5. The third-order valence-corrected chi connectivity index (χ3v) is 14.9. The minimum Gasteiger partial charge on any atom is -0.466 e. The minimum atomic E-state index is -1.28. The van der Waals surface area contributed by atoms with E-state index in [0.29, 0.717) is 52.2 Å². The molecule has 0 spiro atoms. The van der Waals surface area contributed by atoms with E-state index in [9.17, 15) is 33.6 Å². The molecule has 448 valence electrons. The van der Waals surface area contributed by atoms with Crippen LogP contribution in [0.3, 0.4) is 0 Å². The van der Waals surface area contributed by atoms with Gasteiger partial charge in [-0.3, -0.25) is 38.4 Å². The molecule has 0 aromatic heterocycles. The lowest BCUT2D eigenvalue weighted by molar-refractivity contribution is -0.152. The number of esters is 2. The molecule has 4 unspecified atom stereocenters. The molecule has 0 bridgehead atoms. The highest BCUT2D eigenvalue weighted by Gasteiger charge is 2.44. The smallest absolute Gasteiger partial charge is 0.309 e. The normalized spacial score (nSPS) is 13.8. The van der Waals surface area contributed by atoms with Crippen LogP contribution in [-0.4, -0.2) is 181 Å². The highest BCUT2D eigenvalue weighted by molar-refractivity contribution is 5.94. The number of likely N-dealkylation sites (N-methyl/N-ethyl adjacent to an activating group) is 4. The number of amides is 3. The highest BCUT2D eigenvalue weighted by Crippen LogP contribution is 2.40. The zero-order valence-corrected chi connectivity index (χ0v) is 51.7. The molecule has 0 aliphatic rings. The van der Waals surface area contributed by atoms with Gasteiger partial charge in [-0.15, -0.1) is 0 Å². The topological polar surface area (TPSA) is 204 Å². The second-order valence-corrected chi connectivity index (χ2v) is 24.5. The molecule has 0 heterocycles. The minimum absolute atomic E-state index is 0.00786. The number of ketones is 3. The lowest BCUT2D eigenvalue weighted by Gasteiger charge is -2.35. The van der Waals surface area contributed by atoms with E-state index < -0.39 is 57.8 Å². The Morgan fingerprint density at radius 3 is 1.34 bits per heavy atom. The monoisotopic (exact) mass is 1090 g/mol. The van der Waals surface area contributed by atoms with E-state index in [0.717, 1.165) is 84.0 Å². The Morgan fingerprint density at radius 1 is 0.429 bits per heavy atom. The molecular weight excluding hydrogens is 979 g/mol. The first-order valence-corrected chi connectivity index (χ1v) is 29.5. The van der Waals surface area contributed by atoms with E-state index >= 15 is 4.79 Å². The number of carbonyl (C=O) groups is 8. The van der Waals surface area contributed by atoms with Gasteiger partial charge in [0.25, 0.3) is 0 Å². The molecule has 0 fully saturated rings. The molecule has 0 rings (SSSR count). The Kier molecular flexibility index (Phi) is 37.6. The second kappa shape index (κ2) is 39.6. The first-order valence-electron chi connectivity index (χ1n) is 29.5. The standard InChI is InChI=1S/C60H113N7O10/c1-17-21-24-26-37-76-53(71)42-47(43-58(5,6)50(68)39-46(20-4)57(75)77-38-27-25-22-18-2)54(72)60(9,10)45-48(55(73)63-30-32-67(16)36-34-65(13)14)40-51(69)59(7,8)44-49(56(74)62-28-23-19-3)41-52(70)61-29-31-66(15)35-33-64(11)12/h46-49H,17-45H2,1-16H3,(H,61,70)(H,62,74)(H,63,73). The van der Waals surface area contributed by atoms with Crippen molar-refractivity contribution in [2.75, 3.05) is 114 Å². The molecule has 3 amide bonds. The van der Waals surface area contributed by atoms with Gasteiger partial charge in [-0.2, -0.15) is 0 Å². The summed E-state index contributed by atoms with van der Waals surface area (Å²) in [4.78, 5) is 121. The van der Waals surface area contributed by atoms with Crippen molar-refractivity contribution >= 4 is 47.0 Å². The molecule has 77 heavy (non-hydrogen) atoms. The van der Waals surface area contributed by atoms with Gasteiger partial charge in [0.05, 0.1) is 25.6 Å². The molecule has 0 aromatic carbocycles. The molecule has 17 nitrogen and oxygen atoms in total. The SMILES string of the molecule is CCCCCCOC(=O)CC(CC(C)(C)C(=O)CC(CC)C(=O)OCCCCCC)C(=O)C(C)(C)CC(CC(=O)C(C)(C)CC(CC(=O)NCCN(C)CCN(C)C)C(=O)NCCCC)C(=O)NCCN(C)CCN(C)C. The molecule has 0 saturated carbocycles. The first kappa shape index (κ1) is 73.2. The number of Topliss-reactive ketones (excluding diaryl/α,β-unsaturated/α-hetero) is 3. The average Bonchev–Trinajstić information content (AvgIpc) is 3.35. The molecule has 4 atom stereocenters. The van der Waals surface area contributed by atoms with Crippen LogP contribution in [0.1, 0.15) is 185 Å². The Bertz CT molecular complexity index is 1750. The van der Waals surface area contributed by atoms with E-state index in [2.05, 4.69) is 49.4 Å². The molecule has 0 saturated heterocycles. The number of nitrogens with zero attached hydrogens (tertiary/aromatic N) is 4. The van der Waals surface area contributed by atoms with E-state index in [-0.39, 0.29) is 80.7 Å². The molecule has 0 aliphatic carbocycles. The van der Waals surface area contributed by atoms with Gasteiger partial charge in [-0.1, -0.05) is 114 Å². The zero-order valence-electron chi connectivity index (χ0n) is 51.7. The molecule has 3 N–H and O–H groups in total. The van der Waals surface area contributed by atoms with Gasteiger partial charge in [-0.25, -0.2) is 0 Å². The van der Waals surface area contributed by atoms with E-state index in [1.165, 1.54) is 0 Å². The van der Waals surface area contributed by atoms with Crippen molar-refractivity contribution in [2.45, 2.75) is 185 Å². The van der Waals surface area contributed by atoms with Crippen LogP contribution >= 0.6 is 0 Å². The van der Waals surface area contributed by atoms with Crippen LogP contribution in [0, 0.1) is 39.9 Å². The number of nitrogens with one attached hydrogen (secondary N) is 3. The quantitative estimate of drug-likeness (QED) is 0.0394. The average molecular weight is 1090 g/mol. The maximum Gasteiger partial charge on any atom is 0.309 e. The number of unbranched alkanes of at least 4 members (excludes halogenated alkanes) is 7. The van der Waals surface area contributed by atoms with Gasteiger partial charge in [0, 0.05) is 112 Å². The summed E-state index contributed by atoms with van der Waals surface area (Å²) in [5.74, 6) is -6.31. The molecular formula is C60H113N7O10. The fourth-order valence-electron chi connectivity index (χ4n) is 9.38. The number of rotatable bonds is 47. The Balaban J connectivity index is 6.96. The van der Waals surface area contributed by atoms with Crippen LogP contribution in [0.25, 0.3) is 0 Å². The maximum atomic E-state index is 15.2. The van der Waals surface area contributed by atoms with Crippen LogP contribution < -0.4 is 16.0 Å². The van der Waals surface area contributed by atoms with Gasteiger partial charge >= 0.3 is 11.9 Å². The maximum absolute atomic E-state index is 15.2. The summed E-state index contributed by atoms with van der Waals surface area (Å²) in [6.07, 6.45) is 8.67. The molecule has 17 heteroatoms. The summed E-state index contributed by atoms with van der Waals surface area (Å²) in [7, 11) is 11.9. The lowest BCUT2D eigenvalue weighted by atomic mass is 9.67. The van der Waals surface area contributed by atoms with Crippen LogP contribution in [0.2, 0.25) is 0 Å². The summed E-state index contributed by atoms with van der Waals surface area (Å²) < 4.78 is 11.3. The summed E-state index contributed by atoms with van der Waals surface area (Å²) >= 11 is 0. The van der Waals surface area contributed by atoms with Gasteiger partial charge in [0.1, 0.15) is 17.3 Å². The number of ether oxygens (including phenoxy) is 2. The summed E-state index contributed by atoms with van der Waals surface area (Å²) in [6.45, 7) is 24.5. The number of hydrogen-bond donors (Lipinski definition) is 3. The van der Waals surface area contributed by atoms with Crippen LogP contribution in [0.5, 0.6) is 0 Å². The third-order valence-electron chi connectivity index (χ3n) is 14.9. The number of hydrogen-bond acceptors (Lipinski definition) is 14. The van der Waals surface area contributed by atoms with Crippen molar-refractivity contribution in [1.82, 2.24) is 35.6 Å². The third kappa shape index (κ3) is 32.8. The molecule has 0 aliphatic heterocycles. The van der Waals surface area contributed by atoms with Crippen molar-refractivity contribution < 1.29 is 47.8 Å². The predicted octanol–water partition coefficient (Wildman–Crippen LogP) is 7.76. The van der Waals surface area contributed by atoms with Crippen molar-refractivity contribution in [3.8, 4) is 0 Å². The summed E-state index contributed by atoms with van der Waals surface area (Å²) in [6, 6.07) is 0. The largest absolute Gasteiger partial charge is 0.466 e. The predicted molar refractivity (Wildman–Crippen MR) is 309 cm³/mol. The molecule has 0 radical (unpaired) electrons. The Hall–Kier alpha value is -3.80. The van der Waals surface area contributed by atoms with Gasteiger partial charge in [0.2, 0.25) is 17.7 Å². The van der Waals surface area contributed by atoms with Crippen molar-refractivity contribution in [1.29, 1.82) is 0 Å². The van der Waals surface area contributed by atoms with Gasteiger partial charge in [-0.05, 0) is 87.2 Å². The van der Waals surface area contributed by atoms with Crippen LogP contribution in [0.15, 0.2) is 0 Å². The zero-order chi connectivity index (χ0) is 58.8. The fourth-order valence-corrected chi connectivity index (χ4v) is 9.38. The van der Waals surface area contributed by atoms with Crippen molar-refractivity contribution in [3.63, 3.8) is 0 Å². The lowest BCUT2D eigenvalue weighted by Crippen LogP contribution is -2.44. The fraction of sp³-hybridized carbons (Fsp3) is 0.867. The Labute approximate surface area is 467 Å². The molecule has 0 aromatic rings. The summed E-state index contributed by atoms with van der Waals surface area (Å²) in [5.41, 5.74) is -3.58. The Morgan fingerprint density at radius 2 is 0.857 bits per heavy atom. The first-order chi connectivity index (χ1) is 36.1. The van der Waals surface area contributed by atoms with Crippen molar-refractivity contribution in [2.24, 2.45) is 39.9 Å². The highest BCUT2D eigenvalue weighted by atomic mass is 16.5. The summed E-state index contributed by atoms with van der Waals surface area (Å²) in [5, 5.41) is 8.98. The van der Waals surface area contributed by atoms with Crippen molar-refractivity contribution in [3.05, 3.63) is 0 Å². The van der Waals surface area contributed by atoms with Crippen LogP contribution in [-0.2, 0) is 47.8 Å². The van der Waals surface area contributed by atoms with E-state index in [1.54, 1.807) is 41.5 Å². The van der Waals surface area contributed by atoms with Gasteiger partial charge < -0.3 is 45.0 Å².